The van der Waals surface area contributed by atoms with Gasteiger partial charge in [-0.25, -0.2) is 4.98 Å². The molecular weight excluding hydrogens is 348 g/mol. The Morgan fingerprint density at radius 2 is 1.82 bits per heavy atom. The molecule has 0 aliphatic rings. The van der Waals surface area contributed by atoms with Crippen molar-refractivity contribution in [2.75, 3.05) is 5.73 Å². The number of pyridine rings is 1. The fraction of sp³-hybridized carbons (Fsp3) is 0.0833. The third-order valence-electron chi connectivity index (χ3n) is 2.30. The van der Waals surface area contributed by atoms with E-state index in [-0.39, 0.29) is 0 Å². The Morgan fingerprint density at radius 1 is 1.18 bits per heavy atom. The van der Waals surface area contributed by atoms with E-state index in [4.69, 9.17) is 10.5 Å². The summed E-state index contributed by atoms with van der Waals surface area (Å²) in [6, 6.07) is 7.55. The molecule has 0 aliphatic heterocycles. The molecule has 0 bridgehead atoms. The van der Waals surface area contributed by atoms with Gasteiger partial charge in [0.2, 0.25) is 5.88 Å². The molecule has 1 heterocycles. The van der Waals surface area contributed by atoms with Gasteiger partial charge in [0.05, 0.1) is 16.4 Å². The van der Waals surface area contributed by atoms with E-state index < -0.39 is 0 Å². The quantitative estimate of drug-likeness (QED) is 0.872. The van der Waals surface area contributed by atoms with Crippen molar-refractivity contribution in [1.29, 1.82) is 0 Å². The van der Waals surface area contributed by atoms with Crippen LogP contribution in [0.5, 0.6) is 11.6 Å². The van der Waals surface area contributed by atoms with Crippen LogP contribution in [-0.4, -0.2) is 4.98 Å². The van der Waals surface area contributed by atoms with Crippen LogP contribution in [-0.2, 0) is 0 Å². The summed E-state index contributed by atoms with van der Waals surface area (Å²) in [5.41, 5.74) is 7.31. The van der Waals surface area contributed by atoms with Crippen molar-refractivity contribution < 1.29 is 4.74 Å². The largest absolute Gasteiger partial charge is 0.438 e. The predicted molar refractivity (Wildman–Crippen MR) is 75.3 cm³/mol. The van der Waals surface area contributed by atoms with E-state index >= 15 is 0 Å². The van der Waals surface area contributed by atoms with Gasteiger partial charge in [0.25, 0.3) is 0 Å². The van der Waals surface area contributed by atoms with Crippen molar-refractivity contribution in [3.8, 4) is 11.6 Å². The van der Waals surface area contributed by atoms with Crippen LogP contribution in [0.15, 0.2) is 39.4 Å². The second-order valence-electron chi connectivity index (χ2n) is 3.51. The first kappa shape index (κ1) is 12.4. The van der Waals surface area contributed by atoms with E-state index in [1.54, 1.807) is 6.20 Å². The SMILES string of the molecule is Cc1c(N)cnc(Oc2ccc(Br)cc2)c1Br. The molecule has 0 saturated heterocycles. The van der Waals surface area contributed by atoms with E-state index in [2.05, 4.69) is 36.8 Å². The van der Waals surface area contributed by atoms with Gasteiger partial charge in [-0.3, -0.25) is 0 Å². The highest BCUT2D eigenvalue weighted by atomic mass is 79.9. The van der Waals surface area contributed by atoms with Gasteiger partial charge < -0.3 is 10.5 Å². The van der Waals surface area contributed by atoms with Gasteiger partial charge >= 0.3 is 0 Å². The molecule has 3 nitrogen and oxygen atoms in total. The maximum Gasteiger partial charge on any atom is 0.233 e. The number of hydrogen-bond acceptors (Lipinski definition) is 3. The van der Waals surface area contributed by atoms with Crippen molar-refractivity contribution in [2.45, 2.75) is 6.92 Å². The molecule has 0 unspecified atom stereocenters. The zero-order valence-electron chi connectivity index (χ0n) is 9.08. The Hall–Kier alpha value is -1.07. The lowest BCUT2D eigenvalue weighted by molar-refractivity contribution is 0.459. The lowest BCUT2D eigenvalue weighted by atomic mass is 10.2. The number of benzene rings is 1. The molecule has 0 fully saturated rings. The zero-order valence-corrected chi connectivity index (χ0v) is 12.2. The third kappa shape index (κ3) is 2.79. The maximum absolute atomic E-state index is 5.75. The summed E-state index contributed by atoms with van der Waals surface area (Å²) in [4.78, 5) is 4.15. The third-order valence-corrected chi connectivity index (χ3v) is 3.76. The average Bonchev–Trinajstić information content (AvgIpc) is 2.33. The Morgan fingerprint density at radius 3 is 2.47 bits per heavy atom. The molecular formula is C12H10Br2N2O. The highest BCUT2D eigenvalue weighted by Crippen LogP contribution is 2.32. The first-order chi connectivity index (χ1) is 8.08. The van der Waals surface area contributed by atoms with Crippen LogP contribution >= 0.6 is 31.9 Å². The fourth-order valence-corrected chi connectivity index (χ4v) is 1.93. The number of ether oxygens (including phenoxy) is 1. The Labute approximate surface area is 116 Å². The minimum absolute atomic E-state index is 0.513. The van der Waals surface area contributed by atoms with Gasteiger partial charge in [0.1, 0.15) is 5.75 Å². The summed E-state index contributed by atoms with van der Waals surface area (Å²) < 4.78 is 7.45. The van der Waals surface area contributed by atoms with Crippen LogP contribution in [0.4, 0.5) is 5.69 Å². The number of hydrogen-bond donors (Lipinski definition) is 1. The Balaban J connectivity index is 2.30. The van der Waals surface area contributed by atoms with E-state index in [9.17, 15) is 0 Å². The minimum atomic E-state index is 0.513. The van der Waals surface area contributed by atoms with Crippen LogP contribution in [0.25, 0.3) is 0 Å². The Kier molecular flexibility index (Phi) is 3.69. The molecule has 0 radical (unpaired) electrons. The topological polar surface area (TPSA) is 48.1 Å². The molecule has 1 aromatic heterocycles. The number of nitrogens with zero attached hydrogens (tertiary/aromatic N) is 1. The van der Waals surface area contributed by atoms with Gasteiger partial charge in [-0.15, -0.1) is 0 Å². The average molecular weight is 358 g/mol. The normalized spacial score (nSPS) is 10.3. The molecule has 0 saturated carbocycles. The minimum Gasteiger partial charge on any atom is -0.438 e. The highest BCUT2D eigenvalue weighted by Gasteiger charge is 2.09. The van der Waals surface area contributed by atoms with E-state index in [0.29, 0.717) is 11.6 Å². The number of halogens is 2. The van der Waals surface area contributed by atoms with E-state index in [1.807, 2.05) is 31.2 Å². The molecule has 0 aliphatic carbocycles. The molecule has 0 amide bonds. The molecule has 0 atom stereocenters. The highest BCUT2D eigenvalue weighted by molar-refractivity contribution is 9.10. The summed E-state index contributed by atoms with van der Waals surface area (Å²) in [6.45, 7) is 1.91. The van der Waals surface area contributed by atoms with Crippen LogP contribution in [0, 0.1) is 6.92 Å². The van der Waals surface area contributed by atoms with Crippen molar-refractivity contribution in [3.63, 3.8) is 0 Å². The van der Waals surface area contributed by atoms with Crippen LogP contribution in [0.2, 0.25) is 0 Å². The molecule has 2 rings (SSSR count). The number of rotatable bonds is 2. The Bertz CT molecular complexity index is 541. The number of anilines is 1. The molecule has 2 N–H and O–H groups in total. The van der Waals surface area contributed by atoms with Crippen molar-refractivity contribution >= 4 is 37.5 Å². The molecule has 1 aromatic carbocycles. The summed E-state index contributed by atoms with van der Waals surface area (Å²) in [5, 5.41) is 0. The summed E-state index contributed by atoms with van der Waals surface area (Å²) >= 11 is 6.80. The van der Waals surface area contributed by atoms with Crippen LogP contribution in [0.1, 0.15) is 5.56 Å². The first-order valence-electron chi connectivity index (χ1n) is 4.92. The van der Waals surface area contributed by atoms with E-state index in [0.717, 1.165) is 20.3 Å². The van der Waals surface area contributed by atoms with Crippen LogP contribution < -0.4 is 10.5 Å². The van der Waals surface area contributed by atoms with Crippen molar-refractivity contribution in [1.82, 2.24) is 4.98 Å². The predicted octanol–water partition coefficient (Wildman–Crippen LogP) is 4.29. The van der Waals surface area contributed by atoms with Gasteiger partial charge in [-0.2, -0.15) is 0 Å². The second-order valence-corrected chi connectivity index (χ2v) is 5.22. The smallest absolute Gasteiger partial charge is 0.233 e. The summed E-state index contributed by atoms with van der Waals surface area (Å²) in [5.74, 6) is 1.24. The fourth-order valence-electron chi connectivity index (χ4n) is 1.25. The first-order valence-corrected chi connectivity index (χ1v) is 6.50. The standard InChI is InChI=1S/C12H10Br2N2O/c1-7-10(15)6-16-12(11(7)14)17-9-4-2-8(13)3-5-9/h2-6H,15H2,1H3. The summed E-state index contributed by atoms with van der Waals surface area (Å²) in [6.07, 6.45) is 1.59. The lowest BCUT2D eigenvalue weighted by Crippen LogP contribution is -1.96. The van der Waals surface area contributed by atoms with Gasteiger partial charge in [-0.05, 0) is 52.7 Å². The lowest BCUT2D eigenvalue weighted by Gasteiger charge is -2.09. The maximum atomic E-state index is 5.75. The number of aromatic nitrogens is 1. The molecule has 88 valence electrons. The molecule has 0 spiro atoms. The summed E-state index contributed by atoms with van der Waals surface area (Å²) in [7, 11) is 0. The van der Waals surface area contributed by atoms with Crippen molar-refractivity contribution in [2.24, 2.45) is 0 Å². The van der Waals surface area contributed by atoms with Gasteiger partial charge in [0, 0.05) is 4.47 Å². The van der Waals surface area contributed by atoms with Crippen LogP contribution in [0.3, 0.4) is 0 Å². The molecule has 17 heavy (non-hydrogen) atoms. The number of nitrogen functional groups attached to an aromatic ring is 1. The van der Waals surface area contributed by atoms with Gasteiger partial charge in [0.15, 0.2) is 0 Å². The molecule has 2 aromatic rings. The monoisotopic (exact) mass is 356 g/mol. The van der Waals surface area contributed by atoms with Gasteiger partial charge in [-0.1, -0.05) is 15.9 Å². The van der Waals surface area contributed by atoms with E-state index in [1.165, 1.54) is 0 Å². The second kappa shape index (κ2) is 5.06. The number of nitrogens with two attached hydrogens (primary N) is 1. The van der Waals surface area contributed by atoms with Crippen molar-refractivity contribution in [3.05, 3.63) is 45.0 Å². The molecule has 5 heteroatoms. The zero-order chi connectivity index (χ0) is 12.4.